The molecule has 5 atom stereocenters. The Labute approximate surface area is 367 Å². The van der Waals surface area contributed by atoms with Crippen LogP contribution in [0.5, 0.6) is 11.5 Å². The van der Waals surface area contributed by atoms with Gasteiger partial charge in [-0.15, -0.1) is 0 Å². The highest BCUT2D eigenvalue weighted by atomic mass is 28.4. The lowest BCUT2D eigenvalue weighted by Gasteiger charge is -2.37. The van der Waals surface area contributed by atoms with Crippen molar-refractivity contribution < 1.29 is 43.3 Å². The Hall–Kier alpha value is -6.32. The number of amides is 4. The van der Waals surface area contributed by atoms with Gasteiger partial charge in [-0.2, -0.15) is 0 Å². The highest BCUT2D eigenvalue weighted by Gasteiger charge is 2.66. The van der Waals surface area contributed by atoms with Gasteiger partial charge < -0.3 is 44.5 Å². The van der Waals surface area contributed by atoms with Gasteiger partial charge in [0.05, 0.1) is 51.6 Å². The summed E-state index contributed by atoms with van der Waals surface area (Å²) >= 11 is 0. The SMILES string of the molecule is COc1ccc(C(=O)Nc2cccc(CN3C(=O)[C@]4(O[C@H](CC(=O)N5Cc6ccccc6C[C@H]5CO)[C@@H]([Si](C)(C)O)[C@@H]4C)c4cc(NC(=O)c5ccc(OC)cc5)ccc43)c2)cc1. The Bertz CT molecular complexity index is 2540. The van der Waals surface area contributed by atoms with Gasteiger partial charge in [0.15, 0.2) is 13.9 Å². The maximum Gasteiger partial charge on any atom is 0.264 e. The first-order valence-corrected chi connectivity index (χ1v) is 24.1. The van der Waals surface area contributed by atoms with Gasteiger partial charge in [0.1, 0.15) is 11.5 Å². The third-order valence-corrected chi connectivity index (χ3v) is 15.2. The first-order valence-electron chi connectivity index (χ1n) is 21.1. The number of nitrogens with one attached hydrogen (secondary N) is 2. The zero-order chi connectivity index (χ0) is 44.6. The summed E-state index contributed by atoms with van der Waals surface area (Å²) in [6, 6.07) is 33.5. The maximum atomic E-state index is 15.4. The van der Waals surface area contributed by atoms with E-state index in [9.17, 15) is 24.3 Å². The van der Waals surface area contributed by atoms with Gasteiger partial charge in [-0.1, -0.05) is 43.3 Å². The number of carbonyl (C=O) groups is 4. The second-order valence-corrected chi connectivity index (χ2v) is 21.1. The number of fused-ring (bicyclic) bond motifs is 3. The lowest BCUT2D eigenvalue weighted by Crippen LogP contribution is -2.48. The normalized spacial score (nSPS) is 21.5. The van der Waals surface area contributed by atoms with E-state index in [1.807, 2.05) is 43.3 Å². The Kier molecular flexibility index (Phi) is 12.0. The minimum Gasteiger partial charge on any atom is -0.497 e. The van der Waals surface area contributed by atoms with Gasteiger partial charge in [0, 0.05) is 46.1 Å². The topological polar surface area (TPSA) is 167 Å². The molecule has 63 heavy (non-hydrogen) atoms. The van der Waals surface area contributed by atoms with E-state index in [1.54, 1.807) is 116 Å². The minimum absolute atomic E-state index is 0.104. The van der Waals surface area contributed by atoms with Crippen molar-refractivity contribution in [2.45, 2.75) is 69.2 Å². The third kappa shape index (κ3) is 8.34. The van der Waals surface area contributed by atoms with Gasteiger partial charge in [0.25, 0.3) is 17.7 Å². The molecule has 4 amide bonds. The van der Waals surface area contributed by atoms with Crippen LogP contribution in [0.25, 0.3) is 0 Å². The summed E-state index contributed by atoms with van der Waals surface area (Å²) in [7, 11) is -0.0732. The molecule has 3 heterocycles. The number of anilines is 3. The fourth-order valence-electron chi connectivity index (χ4n) is 9.67. The van der Waals surface area contributed by atoms with Crippen molar-refractivity contribution in [1.82, 2.24) is 4.90 Å². The van der Waals surface area contributed by atoms with Crippen LogP contribution in [0.3, 0.4) is 0 Å². The number of hydrogen-bond donors (Lipinski definition) is 4. The van der Waals surface area contributed by atoms with E-state index in [2.05, 4.69) is 10.6 Å². The van der Waals surface area contributed by atoms with E-state index < -0.39 is 37.5 Å². The zero-order valence-electron chi connectivity index (χ0n) is 36.0. The molecule has 13 nitrogen and oxygen atoms in total. The second-order valence-electron chi connectivity index (χ2n) is 17.1. The molecule has 1 fully saturated rings. The molecule has 0 bridgehead atoms. The van der Waals surface area contributed by atoms with E-state index in [0.717, 1.165) is 16.7 Å². The van der Waals surface area contributed by atoms with Crippen LogP contribution in [0.1, 0.15) is 56.3 Å². The number of aliphatic hydroxyl groups excluding tert-OH is 1. The number of carbonyl (C=O) groups excluding carboxylic acids is 4. The van der Waals surface area contributed by atoms with Crippen molar-refractivity contribution in [3.8, 4) is 11.5 Å². The molecule has 0 radical (unpaired) electrons. The minimum atomic E-state index is -3.18. The fourth-order valence-corrected chi connectivity index (χ4v) is 12.2. The van der Waals surface area contributed by atoms with E-state index in [4.69, 9.17) is 14.2 Å². The molecule has 5 aromatic rings. The highest BCUT2D eigenvalue weighted by Crippen LogP contribution is 2.60. The summed E-state index contributed by atoms with van der Waals surface area (Å²) in [5.74, 6) is -0.642. The summed E-state index contributed by atoms with van der Waals surface area (Å²) in [5, 5.41) is 16.4. The molecule has 1 spiro atoms. The maximum absolute atomic E-state index is 15.4. The van der Waals surface area contributed by atoms with Crippen molar-refractivity contribution in [3.63, 3.8) is 0 Å². The van der Waals surface area contributed by atoms with E-state index >= 15 is 4.79 Å². The van der Waals surface area contributed by atoms with Crippen LogP contribution in [0.15, 0.2) is 115 Å². The van der Waals surface area contributed by atoms with Crippen molar-refractivity contribution in [1.29, 1.82) is 0 Å². The summed E-state index contributed by atoms with van der Waals surface area (Å²) in [5.41, 5.74) is 3.49. The average Bonchev–Trinajstić information content (AvgIpc) is 3.71. The quantitative estimate of drug-likeness (QED) is 0.0978. The van der Waals surface area contributed by atoms with Crippen LogP contribution in [-0.4, -0.2) is 79.7 Å². The summed E-state index contributed by atoms with van der Waals surface area (Å²) in [6.07, 6.45) is -0.452. The number of aliphatic hydroxyl groups is 1. The van der Waals surface area contributed by atoms with Gasteiger partial charge in [-0.25, -0.2) is 0 Å². The van der Waals surface area contributed by atoms with Crippen LogP contribution < -0.4 is 25.0 Å². The fraction of sp³-hybridized carbons (Fsp3) is 0.306. The molecule has 3 aliphatic rings. The van der Waals surface area contributed by atoms with Crippen LogP contribution in [0.2, 0.25) is 18.6 Å². The Morgan fingerprint density at radius 3 is 2.00 bits per heavy atom. The monoisotopic (exact) mass is 868 g/mol. The van der Waals surface area contributed by atoms with Crippen molar-refractivity contribution in [2.75, 3.05) is 36.4 Å². The second kappa shape index (κ2) is 17.4. The molecule has 5 aromatic carbocycles. The Morgan fingerprint density at radius 2 is 1.41 bits per heavy atom. The van der Waals surface area contributed by atoms with Crippen molar-refractivity contribution >= 4 is 49.0 Å². The molecule has 4 N–H and O–H groups in total. The molecular weight excluding hydrogens is 817 g/mol. The number of methoxy groups -OCH3 is 2. The Morgan fingerprint density at radius 1 is 0.810 bits per heavy atom. The Balaban J connectivity index is 1.13. The number of nitrogens with zero attached hydrogens (tertiary/aromatic N) is 2. The number of hydrogen-bond acceptors (Lipinski definition) is 9. The van der Waals surface area contributed by atoms with Crippen LogP contribution in [0.4, 0.5) is 17.1 Å². The van der Waals surface area contributed by atoms with E-state index in [-0.39, 0.29) is 43.2 Å². The standard InChI is InChI=1S/C49H52N4O9Si/c1-30-45(63(4,5)59)43(26-44(55)52-28-35-11-7-6-10-34(35)24-38(52)29-54)62-49(30)41-25-37(51-47(57)33-15-20-40(61-3)21-16-33)17-22-42(41)53(48(49)58)27-31-9-8-12-36(23-31)50-46(56)32-13-18-39(60-2)19-14-32/h6-23,25,30,38,43,45,54,59H,24,26-29H2,1-5H3,(H,50,56)(H,51,57)/t30-,38-,43+,45-,49+/m0/s1. The summed E-state index contributed by atoms with van der Waals surface area (Å²) in [4.78, 5) is 71.9. The summed E-state index contributed by atoms with van der Waals surface area (Å²) < 4.78 is 17.6. The predicted molar refractivity (Wildman–Crippen MR) is 241 cm³/mol. The molecule has 0 aliphatic carbocycles. The molecule has 14 heteroatoms. The molecule has 326 valence electrons. The molecule has 8 rings (SSSR count). The third-order valence-electron chi connectivity index (χ3n) is 12.7. The molecule has 0 aromatic heterocycles. The molecule has 0 unspecified atom stereocenters. The van der Waals surface area contributed by atoms with Gasteiger partial charge >= 0.3 is 0 Å². The van der Waals surface area contributed by atoms with Gasteiger partial charge in [-0.05, 0) is 115 Å². The zero-order valence-corrected chi connectivity index (χ0v) is 37.0. The van der Waals surface area contributed by atoms with Crippen LogP contribution >= 0.6 is 0 Å². The lowest BCUT2D eigenvalue weighted by molar-refractivity contribution is -0.151. The van der Waals surface area contributed by atoms with Crippen molar-refractivity contribution in [3.05, 3.63) is 149 Å². The smallest absolute Gasteiger partial charge is 0.264 e. The first kappa shape index (κ1) is 43.3. The van der Waals surface area contributed by atoms with Gasteiger partial charge in [0.2, 0.25) is 5.91 Å². The molecule has 1 saturated heterocycles. The van der Waals surface area contributed by atoms with Crippen LogP contribution in [0, 0.1) is 5.92 Å². The van der Waals surface area contributed by atoms with Crippen molar-refractivity contribution in [2.24, 2.45) is 5.92 Å². The largest absolute Gasteiger partial charge is 0.497 e. The number of rotatable bonds is 12. The average molecular weight is 869 g/mol. The van der Waals surface area contributed by atoms with E-state index in [1.165, 1.54) is 0 Å². The molecule has 0 saturated carbocycles. The highest BCUT2D eigenvalue weighted by molar-refractivity contribution is 6.71. The predicted octanol–water partition coefficient (Wildman–Crippen LogP) is 6.89. The van der Waals surface area contributed by atoms with E-state index in [0.29, 0.717) is 58.2 Å². The van der Waals surface area contributed by atoms with Gasteiger partial charge in [-0.3, -0.25) is 19.2 Å². The number of ether oxygens (including phenoxy) is 3. The molecular formula is C49H52N4O9Si. The lowest BCUT2D eigenvalue weighted by atomic mass is 9.82. The summed E-state index contributed by atoms with van der Waals surface area (Å²) in [6.45, 7) is 5.72. The first-order chi connectivity index (χ1) is 30.2. The van der Waals surface area contributed by atoms with Crippen LogP contribution in [-0.2, 0) is 39.4 Å². The number of benzene rings is 5. The molecule has 3 aliphatic heterocycles.